The second-order valence-electron chi connectivity index (χ2n) is 4.16. The largest absolute Gasteiger partial charge is 0.461 e. The first-order valence-corrected chi connectivity index (χ1v) is 5.82. The number of esters is 1. The van der Waals surface area contributed by atoms with Crippen LogP contribution in [0.1, 0.15) is 43.9 Å². The fraction of sp³-hybridized carbons (Fsp3) is 0.667. The van der Waals surface area contributed by atoms with Gasteiger partial charge in [-0.2, -0.15) is 5.10 Å². The van der Waals surface area contributed by atoms with E-state index in [1.54, 1.807) is 11.6 Å². The maximum Gasteiger partial charge on any atom is 0.356 e. The Hall–Kier alpha value is -1.32. The van der Waals surface area contributed by atoms with Crippen LogP contribution in [-0.4, -0.2) is 22.4 Å². The van der Waals surface area contributed by atoms with Crippen molar-refractivity contribution in [2.45, 2.75) is 40.7 Å². The van der Waals surface area contributed by atoms with Crippen LogP contribution in [0.25, 0.3) is 0 Å². The van der Waals surface area contributed by atoms with Gasteiger partial charge in [-0.15, -0.1) is 0 Å². The van der Waals surface area contributed by atoms with Crippen molar-refractivity contribution in [1.29, 1.82) is 0 Å². The predicted octanol–water partition coefficient (Wildman–Crippen LogP) is 2.28. The predicted molar refractivity (Wildman–Crippen MR) is 62.4 cm³/mol. The topological polar surface area (TPSA) is 44.1 Å². The quantitative estimate of drug-likeness (QED) is 0.721. The Labute approximate surface area is 96.6 Å². The summed E-state index contributed by atoms with van der Waals surface area (Å²) in [5, 5.41) is 4.39. The minimum Gasteiger partial charge on any atom is -0.461 e. The number of nitrogens with zero attached hydrogens (tertiary/aromatic N) is 2. The molecule has 0 N–H and O–H groups in total. The molecule has 0 aliphatic heterocycles. The van der Waals surface area contributed by atoms with Gasteiger partial charge in [0.25, 0.3) is 0 Å². The van der Waals surface area contributed by atoms with Crippen molar-refractivity contribution in [2.24, 2.45) is 5.92 Å². The molecule has 0 aromatic carbocycles. The van der Waals surface area contributed by atoms with Gasteiger partial charge in [-0.05, 0) is 32.3 Å². The highest BCUT2D eigenvalue weighted by Gasteiger charge is 2.15. The molecule has 0 unspecified atom stereocenters. The lowest BCUT2D eigenvalue weighted by molar-refractivity contribution is 0.0512. The zero-order valence-electron chi connectivity index (χ0n) is 10.5. The monoisotopic (exact) mass is 224 g/mol. The summed E-state index contributed by atoms with van der Waals surface area (Å²) in [4.78, 5) is 11.6. The van der Waals surface area contributed by atoms with Crippen LogP contribution in [0.15, 0.2) is 6.07 Å². The third-order valence-corrected chi connectivity index (χ3v) is 2.23. The van der Waals surface area contributed by atoms with Gasteiger partial charge in [-0.25, -0.2) is 4.79 Å². The molecule has 0 spiro atoms. The molecule has 0 bridgehead atoms. The summed E-state index contributed by atoms with van der Waals surface area (Å²) in [7, 11) is 0. The summed E-state index contributed by atoms with van der Waals surface area (Å²) in [6.45, 7) is 9.12. The maximum atomic E-state index is 11.6. The van der Waals surface area contributed by atoms with E-state index in [-0.39, 0.29) is 5.97 Å². The molecule has 16 heavy (non-hydrogen) atoms. The smallest absolute Gasteiger partial charge is 0.356 e. The molecule has 0 aliphatic rings. The van der Waals surface area contributed by atoms with Crippen molar-refractivity contribution in [3.05, 3.63) is 17.5 Å². The molecule has 4 nitrogen and oxygen atoms in total. The third-order valence-electron chi connectivity index (χ3n) is 2.23. The minimum atomic E-state index is -0.285. The van der Waals surface area contributed by atoms with Gasteiger partial charge in [0.1, 0.15) is 5.69 Å². The SMILES string of the molecule is CCOC(=O)c1cc(CC(C)C)nn1CC. The van der Waals surface area contributed by atoms with Gasteiger partial charge in [0.05, 0.1) is 12.3 Å². The molecule has 1 rings (SSSR count). The molecule has 1 heterocycles. The maximum absolute atomic E-state index is 11.6. The molecule has 0 aliphatic carbocycles. The number of rotatable bonds is 5. The van der Waals surface area contributed by atoms with E-state index < -0.39 is 0 Å². The molecule has 1 aromatic heterocycles. The average Bonchev–Trinajstić information content (AvgIpc) is 2.60. The van der Waals surface area contributed by atoms with Crippen molar-refractivity contribution in [2.75, 3.05) is 6.61 Å². The highest BCUT2D eigenvalue weighted by Crippen LogP contribution is 2.11. The van der Waals surface area contributed by atoms with Crippen molar-refractivity contribution < 1.29 is 9.53 Å². The summed E-state index contributed by atoms with van der Waals surface area (Å²) in [5.41, 5.74) is 1.51. The summed E-state index contributed by atoms with van der Waals surface area (Å²) in [6.07, 6.45) is 0.888. The van der Waals surface area contributed by atoms with Crippen LogP contribution >= 0.6 is 0 Å². The van der Waals surface area contributed by atoms with Crippen LogP contribution in [0.2, 0.25) is 0 Å². The van der Waals surface area contributed by atoms with Crippen molar-refractivity contribution in [3.63, 3.8) is 0 Å². The number of carbonyl (C=O) groups excluding carboxylic acids is 1. The van der Waals surface area contributed by atoms with Gasteiger partial charge >= 0.3 is 5.97 Å². The van der Waals surface area contributed by atoms with E-state index >= 15 is 0 Å². The lowest BCUT2D eigenvalue weighted by Gasteiger charge is -2.02. The summed E-state index contributed by atoms with van der Waals surface area (Å²) >= 11 is 0. The summed E-state index contributed by atoms with van der Waals surface area (Å²) in [6, 6.07) is 1.83. The zero-order chi connectivity index (χ0) is 12.1. The molecular formula is C12H20N2O2. The molecule has 4 heteroatoms. The number of aryl methyl sites for hydroxylation is 1. The number of carbonyl (C=O) groups is 1. The van der Waals surface area contributed by atoms with Gasteiger partial charge in [0.15, 0.2) is 0 Å². The summed E-state index contributed by atoms with van der Waals surface area (Å²) in [5.74, 6) is 0.252. The Morgan fingerprint density at radius 3 is 2.69 bits per heavy atom. The summed E-state index contributed by atoms with van der Waals surface area (Å²) < 4.78 is 6.69. The number of hydrogen-bond donors (Lipinski definition) is 0. The highest BCUT2D eigenvalue weighted by molar-refractivity contribution is 5.87. The Kier molecular flexibility index (Phi) is 4.52. The second-order valence-corrected chi connectivity index (χ2v) is 4.16. The number of ether oxygens (including phenoxy) is 1. The lowest BCUT2D eigenvalue weighted by atomic mass is 10.1. The molecule has 0 radical (unpaired) electrons. The van der Waals surface area contributed by atoms with Crippen molar-refractivity contribution >= 4 is 5.97 Å². The van der Waals surface area contributed by atoms with Crippen LogP contribution in [-0.2, 0) is 17.7 Å². The number of aromatic nitrogens is 2. The van der Waals surface area contributed by atoms with E-state index in [1.807, 2.05) is 13.0 Å². The Morgan fingerprint density at radius 2 is 2.19 bits per heavy atom. The van der Waals surface area contributed by atoms with Gasteiger partial charge < -0.3 is 4.74 Å². The first-order chi connectivity index (χ1) is 7.58. The van der Waals surface area contributed by atoms with Gasteiger partial charge in [0, 0.05) is 6.54 Å². The van der Waals surface area contributed by atoms with E-state index in [9.17, 15) is 4.79 Å². The molecule has 0 fully saturated rings. The Balaban J connectivity index is 2.90. The van der Waals surface area contributed by atoms with Gasteiger partial charge in [-0.1, -0.05) is 13.8 Å². The zero-order valence-corrected chi connectivity index (χ0v) is 10.5. The van der Waals surface area contributed by atoms with Gasteiger partial charge in [-0.3, -0.25) is 4.68 Å². The van der Waals surface area contributed by atoms with E-state index in [4.69, 9.17) is 4.74 Å². The first-order valence-electron chi connectivity index (χ1n) is 5.82. The molecule has 90 valence electrons. The Bertz CT molecular complexity index is 356. The highest BCUT2D eigenvalue weighted by atomic mass is 16.5. The lowest BCUT2D eigenvalue weighted by Crippen LogP contribution is -2.12. The molecule has 0 saturated heterocycles. The molecule has 0 saturated carbocycles. The first kappa shape index (κ1) is 12.7. The number of hydrogen-bond acceptors (Lipinski definition) is 3. The second kappa shape index (κ2) is 5.68. The van der Waals surface area contributed by atoms with Crippen LogP contribution in [0, 0.1) is 5.92 Å². The van der Waals surface area contributed by atoms with Crippen LogP contribution in [0.3, 0.4) is 0 Å². The standard InChI is InChI=1S/C12H20N2O2/c1-5-14-11(12(15)16-6-2)8-10(13-14)7-9(3)4/h8-9H,5-7H2,1-4H3. The van der Waals surface area contributed by atoms with Crippen LogP contribution in [0.5, 0.6) is 0 Å². The van der Waals surface area contributed by atoms with Crippen molar-refractivity contribution in [3.8, 4) is 0 Å². The molecule has 0 amide bonds. The molecule has 1 aromatic rings. The minimum absolute atomic E-state index is 0.285. The normalized spacial score (nSPS) is 10.8. The van der Waals surface area contributed by atoms with E-state index in [0.29, 0.717) is 24.8 Å². The fourth-order valence-electron chi connectivity index (χ4n) is 1.60. The van der Waals surface area contributed by atoms with E-state index in [0.717, 1.165) is 12.1 Å². The van der Waals surface area contributed by atoms with E-state index in [1.165, 1.54) is 0 Å². The van der Waals surface area contributed by atoms with Crippen LogP contribution in [0.4, 0.5) is 0 Å². The van der Waals surface area contributed by atoms with Gasteiger partial charge in [0.2, 0.25) is 0 Å². The van der Waals surface area contributed by atoms with E-state index in [2.05, 4.69) is 18.9 Å². The van der Waals surface area contributed by atoms with Crippen LogP contribution < -0.4 is 0 Å². The third kappa shape index (κ3) is 3.08. The molecule has 0 atom stereocenters. The molecular weight excluding hydrogens is 204 g/mol. The Morgan fingerprint density at radius 1 is 1.50 bits per heavy atom. The fourth-order valence-corrected chi connectivity index (χ4v) is 1.60. The van der Waals surface area contributed by atoms with Crippen molar-refractivity contribution in [1.82, 2.24) is 9.78 Å². The average molecular weight is 224 g/mol.